The number of rotatable bonds is 6. The number of carbonyl (C=O) groups excluding carboxylic acids is 1. The van der Waals surface area contributed by atoms with Crippen LogP contribution in [0.15, 0.2) is 36.5 Å². The Morgan fingerprint density at radius 2 is 2.05 bits per heavy atom. The van der Waals surface area contributed by atoms with E-state index in [1.807, 2.05) is 43.6 Å². The lowest BCUT2D eigenvalue weighted by Crippen LogP contribution is -2.33. The van der Waals surface area contributed by atoms with E-state index in [1.54, 1.807) is 4.68 Å². The molecule has 6 heteroatoms. The SMILES string of the molecule is COC(=O)C(N)Cc1ccc(OCc2ccn(C)n2)cc1. The number of methoxy groups -OCH3 is 1. The standard InChI is InChI=1S/C15H19N3O3/c1-18-8-7-12(17-18)10-21-13-5-3-11(4-6-13)9-14(16)15(19)20-2/h3-8,14H,9-10,16H2,1-2H3. The Morgan fingerprint density at radius 3 is 2.62 bits per heavy atom. The third kappa shape index (κ3) is 4.32. The molecule has 0 aliphatic heterocycles. The molecular weight excluding hydrogens is 270 g/mol. The highest BCUT2D eigenvalue weighted by Gasteiger charge is 2.14. The first-order chi connectivity index (χ1) is 10.1. The Kier molecular flexibility index (Phi) is 4.94. The van der Waals surface area contributed by atoms with Crippen LogP contribution in [0, 0.1) is 0 Å². The zero-order valence-electron chi connectivity index (χ0n) is 12.2. The largest absolute Gasteiger partial charge is 0.487 e. The fraction of sp³-hybridized carbons (Fsp3) is 0.333. The van der Waals surface area contributed by atoms with Gasteiger partial charge in [0.1, 0.15) is 18.4 Å². The molecule has 0 amide bonds. The van der Waals surface area contributed by atoms with Crippen molar-refractivity contribution in [1.29, 1.82) is 0 Å². The molecule has 0 aliphatic rings. The summed E-state index contributed by atoms with van der Waals surface area (Å²) in [4.78, 5) is 11.3. The average Bonchev–Trinajstić information content (AvgIpc) is 2.91. The number of hydrogen-bond acceptors (Lipinski definition) is 5. The van der Waals surface area contributed by atoms with Crippen molar-refractivity contribution in [2.75, 3.05) is 7.11 Å². The number of nitrogens with zero attached hydrogens (tertiary/aromatic N) is 2. The molecule has 6 nitrogen and oxygen atoms in total. The molecule has 1 unspecified atom stereocenters. The van der Waals surface area contributed by atoms with Crippen LogP contribution < -0.4 is 10.5 Å². The van der Waals surface area contributed by atoms with E-state index in [1.165, 1.54) is 7.11 Å². The van der Waals surface area contributed by atoms with Crippen LogP contribution in [0.2, 0.25) is 0 Å². The van der Waals surface area contributed by atoms with Crippen LogP contribution in [-0.4, -0.2) is 28.9 Å². The molecule has 0 fully saturated rings. The number of benzene rings is 1. The van der Waals surface area contributed by atoms with Crippen LogP contribution in [0.25, 0.3) is 0 Å². The molecule has 0 radical (unpaired) electrons. The van der Waals surface area contributed by atoms with E-state index in [9.17, 15) is 4.79 Å². The summed E-state index contributed by atoms with van der Waals surface area (Å²) in [7, 11) is 3.19. The molecule has 1 heterocycles. The normalized spacial score (nSPS) is 12.0. The smallest absolute Gasteiger partial charge is 0.322 e. The van der Waals surface area contributed by atoms with Crippen molar-refractivity contribution in [3.8, 4) is 5.75 Å². The van der Waals surface area contributed by atoms with Gasteiger partial charge in [-0.1, -0.05) is 12.1 Å². The Bertz CT molecular complexity index is 592. The van der Waals surface area contributed by atoms with Crippen molar-refractivity contribution in [2.45, 2.75) is 19.1 Å². The summed E-state index contributed by atoms with van der Waals surface area (Å²) in [5.74, 6) is 0.335. The van der Waals surface area contributed by atoms with E-state index < -0.39 is 12.0 Å². The molecule has 1 atom stereocenters. The maximum absolute atomic E-state index is 11.3. The minimum atomic E-state index is -0.643. The molecule has 1 aromatic carbocycles. The number of esters is 1. The molecule has 1 aromatic heterocycles. The van der Waals surface area contributed by atoms with E-state index in [2.05, 4.69) is 9.84 Å². The summed E-state index contributed by atoms with van der Waals surface area (Å²) in [6, 6.07) is 8.73. The van der Waals surface area contributed by atoms with E-state index in [-0.39, 0.29) is 0 Å². The Labute approximate surface area is 123 Å². The lowest BCUT2D eigenvalue weighted by molar-refractivity contribution is -0.142. The van der Waals surface area contributed by atoms with Crippen molar-refractivity contribution in [3.05, 3.63) is 47.8 Å². The third-order valence-electron chi connectivity index (χ3n) is 3.04. The molecule has 2 rings (SSSR count). The first kappa shape index (κ1) is 15.1. The van der Waals surface area contributed by atoms with Crippen molar-refractivity contribution >= 4 is 5.97 Å². The molecule has 2 N–H and O–H groups in total. The summed E-state index contributed by atoms with van der Waals surface area (Å²) >= 11 is 0. The molecule has 21 heavy (non-hydrogen) atoms. The second-order valence-corrected chi connectivity index (χ2v) is 4.75. The monoisotopic (exact) mass is 289 g/mol. The Balaban J connectivity index is 1.88. The highest BCUT2D eigenvalue weighted by Crippen LogP contribution is 2.14. The zero-order chi connectivity index (χ0) is 15.2. The van der Waals surface area contributed by atoms with Gasteiger partial charge in [-0.3, -0.25) is 9.48 Å². The second-order valence-electron chi connectivity index (χ2n) is 4.75. The second kappa shape index (κ2) is 6.90. The van der Waals surface area contributed by atoms with Gasteiger partial charge in [-0.25, -0.2) is 0 Å². The maximum atomic E-state index is 11.3. The van der Waals surface area contributed by atoms with Gasteiger partial charge in [0.2, 0.25) is 0 Å². The van der Waals surface area contributed by atoms with Gasteiger partial charge in [0, 0.05) is 13.2 Å². The minimum absolute atomic E-state index is 0.412. The zero-order valence-corrected chi connectivity index (χ0v) is 12.2. The van der Waals surface area contributed by atoms with Gasteiger partial charge in [-0.2, -0.15) is 5.10 Å². The minimum Gasteiger partial charge on any atom is -0.487 e. The van der Waals surface area contributed by atoms with Gasteiger partial charge in [0.15, 0.2) is 0 Å². The average molecular weight is 289 g/mol. The predicted octanol–water partition coefficient (Wildman–Crippen LogP) is 1.04. The van der Waals surface area contributed by atoms with Crippen molar-refractivity contribution in [3.63, 3.8) is 0 Å². The van der Waals surface area contributed by atoms with Crippen molar-refractivity contribution < 1.29 is 14.3 Å². The van der Waals surface area contributed by atoms with E-state index in [0.29, 0.717) is 13.0 Å². The summed E-state index contributed by atoms with van der Waals surface area (Å²) in [6.45, 7) is 0.419. The molecular formula is C15H19N3O3. The van der Waals surface area contributed by atoms with Crippen LogP contribution in [0.3, 0.4) is 0 Å². The fourth-order valence-electron chi connectivity index (χ4n) is 1.91. The summed E-state index contributed by atoms with van der Waals surface area (Å²) < 4.78 is 12.0. The van der Waals surface area contributed by atoms with Crippen LogP contribution in [0.1, 0.15) is 11.3 Å². The van der Waals surface area contributed by atoms with Gasteiger partial charge in [-0.05, 0) is 30.2 Å². The molecule has 0 aliphatic carbocycles. The molecule has 0 spiro atoms. The number of aryl methyl sites for hydroxylation is 1. The summed E-state index contributed by atoms with van der Waals surface area (Å²) in [5, 5.41) is 4.24. The first-order valence-corrected chi connectivity index (χ1v) is 6.62. The van der Waals surface area contributed by atoms with Gasteiger partial charge < -0.3 is 15.2 Å². The Hall–Kier alpha value is -2.34. The predicted molar refractivity (Wildman–Crippen MR) is 77.7 cm³/mol. The van der Waals surface area contributed by atoms with Gasteiger partial charge in [0.25, 0.3) is 0 Å². The quantitative estimate of drug-likeness (QED) is 0.804. The third-order valence-corrected chi connectivity index (χ3v) is 3.04. The maximum Gasteiger partial charge on any atom is 0.322 e. The lowest BCUT2D eigenvalue weighted by Gasteiger charge is -2.10. The number of aromatic nitrogens is 2. The number of ether oxygens (including phenoxy) is 2. The highest BCUT2D eigenvalue weighted by molar-refractivity contribution is 5.75. The number of carbonyl (C=O) groups is 1. The summed E-state index contributed by atoms with van der Waals surface area (Å²) in [6.07, 6.45) is 2.31. The molecule has 0 saturated heterocycles. The van der Waals surface area contributed by atoms with E-state index in [0.717, 1.165) is 17.0 Å². The fourth-order valence-corrected chi connectivity index (χ4v) is 1.91. The van der Waals surface area contributed by atoms with Gasteiger partial charge >= 0.3 is 5.97 Å². The summed E-state index contributed by atoms with van der Waals surface area (Å²) in [5.41, 5.74) is 7.54. The molecule has 112 valence electrons. The van der Waals surface area contributed by atoms with E-state index in [4.69, 9.17) is 10.5 Å². The van der Waals surface area contributed by atoms with Crippen LogP contribution in [0.4, 0.5) is 0 Å². The van der Waals surface area contributed by atoms with Crippen LogP contribution >= 0.6 is 0 Å². The molecule has 0 bridgehead atoms. The van der Waals surface area contributed by atoms with Crippen molar-refractivity contribution in [1.82, 2.24) is 9.78 Å². The van der Waals surface area contributed by atoms with Crippen LogP contribution in [-0.2, 0) is 29.6 Å². The first-order valence-electron chi connectivity index (χ1n) is 6.62. The van der Waals surface area contributed by atoms with Crippen molar-refractivity contribution in [2.24, 2.45) is 12.8 Å². The molecule has 0 saturated carbocycles. The molecule has 2 aromatic rings. The van der Waals surface area contributed by atoms with Crippen LogP contribution in [0.5, 0.6) is 5.75 Å². The number of hydrogen-bond donors (Lipinski definition) is 1. The topological polar surface area (TPSA) is 79.4 Å². The van der Waals surface area contributed by atoms with Gasteiger partial charge in [0.05, 0.1) is 12.8 Å². The van der Waals surface area contributed by atoms with E-state index >= 15 is 0 Å². The van der Waals surface area contributed by atoms with Gasteiger partial charge in [-0.15, -0.1) is 0 Å². The number of nitrogens with two attached hydrogens (primary N) is 1. The lowest BCUT2D eigenvalue weighted by atomic mass is 10.1. The Morgan fingerprint density at radius 1 is 1.33 bits per heavy atom. The highest BCUT2D eigenvalue weighted by atomic mass is 16.5.